The molecule has 3 aromatic rings. The van der Waals surface area contributed by atoms with E-state index in [0.29, 0.717) is 25.6 Å². The molecule has 0 amide bonds. The molecule has 1 aromatic heterocycles. The molecule has 0 saturated carbocycles. The molecule has 0 radical (unpaired) electrons. The van der Waals surface area contributed by atoms with Crippen molar-refractivity contribution in [3.05, 3.63) is 95.6 Å². The van der Waals surface area contributed by atoms with Crippen LogP contribution in [0.4, 0.5) is 5.69 Å². The lowest BCUT2D eigenvalue weighted by molar-refractivity contribution is -0.139. The molecule has 5 rings (SSSR count). The summed E-state index contributed by atoms with van der Waals surface area (Å²) in [5.41, 5.74) is 3.66. The fraction of sp³-hybridized carbons (Fsp3) is 0.321. The van der Waals surface area contributed by atoms with Gasteiger partial charge in [0.2, 0.25) is 0 Å². The minimum atomic E-state index is -0.638. The van der Waals surface area contributed by atoms with Gasteiger partial charge in [-0.1, -0.05) is 47.2 Å². The topological polar surface area (TPSA) is 63.9 Å². The first-order valence-electron chi connectivity index (χ1n) is 12.3. The molecule has 1 atom stereocenters. The molecule has 2 aromatic carbocycles. The van der Waals surface area contributed by atoms with E-state index < -0.39 is 12.0 Å². The van der Waals surface area contributed by atoms with Gasteiger partial charge in [-0.2, -0.15) is 0 Å². The lowest BCUT2D eigenvalue weighted by Crippen LogP contribution is -2.39. The average molecular weight is 522 g/mol. The van der Waals surface area contributed by atoms with Crippen molar-refractivity contribution in [2.45, 2.75) is 39.2 Å². The van der Waals surface area contributed by atoms with Gasteiger partial charge in [-0.25, -0.2) is 9.79 Å². The Morgan fingerprint density at radius 1 is 1.11 bits per heavy atom. The van der Waals surface area contributed by atoms with Gasteiger partial charge in [0.1, 0.15) is 0 Å². The summed E-state index contributed by atoms with van der Waals surface area (Å²) < 4.78 is 7.50. The number of thiazole rings is 1. The molecule has 0 unspecified atom stereocenters. The molecule has 36 heavy (non-hydrogen) atoms. The summed E-state index contributed by atoms with van der Waals surface area (Å²) in [6.45, 7) is 5.96. The number of aromatic nitrogens is 1. The van der Waals surface area contributed by atoms with Crippen molar-refractivity contribution < 1.29 is 9.53 Å². The van der Waals surface area contributed by atoms with Crippen LogP contribution >= 0.6 is 22.9 Å². The van der Waals surface area contributed by atoms with Gasteiger partial charge in [0.15, 0.2) is 4.80 Å². The minimum Gasteiger partial charge on any atom is -0.463 e. The predicted octanol–water partition coefficient (Wildman–Crippen LogP) is 4.44. The van der Waals surface area contributed by atoms with Crippen LogP contribution in [0.25, 0.3) is 6.08 Å². The van der Waals surface area contributed by atoms with Gasteiger partial charge < -0.3 is 9.64 Å². The van der Waals surface area contributed by atoms with Crippen LogP contribution in [0.1, 0.15) is 50.3 Å². The second kappa shape index (κ2) is 10.4. The largest absolute Gasteiger partial charge is 0.463 e. The zero-order valence-electron chi connectivity index (χ0n) is 20.4. The van der Waals surface area contributed by atoms with Crippen molar-refractivity contribution in [2.24, 2.45) is 4.99 Å². The minimum absolute atomic E-state index is 0.187. The van der Waals surface area contributed by atoms with Crippen LogP contribution in [-0.2, 0) is 9.53 Å². The molecule has 0 spiro atoms. The van der Waals surface area contributed by atoms with Gasteiger partial charge in [-0.05, 0) is 74.6 Å². The Balaban J connectivity index is 1.58. The van der Waals surface area contributed by atoms with E-state index in [1.165, 1.54) is 36.3 Å². The maximum Gasteiger partial charge on any atom is 0.338 e. The first-order valence-corrected chi connectivity index (χ1v) is 13.5. The molecule has 1 saturated heterocycles. The zero-order chi connectivity index (χ0) is 25.2. The second-order valence-electron chi connectivity index (χ2n) is 8.99. The molecule has 0 bridgehead atoms. The third-order valence-electron chi connectivity index (χ3n) is 6.61. The number of carbonyl (C=O) groups excluding carboxylic acids is 1. The van der Waals surface area contributed by atoms with Gasteiger partial charge in [0.05, 0.1) is 28.5 Å². The number of fused-ring (bicyclic) bond motifs is 1. The first-order chi connectivity index (χ1) is 17.5. The number of esters is 1. The average Bonchev–Trinajstić information content (AvgIpc) is 3.19. The van der Waals surface area contributed by atoms with E-state index >= 15 is 0 Å². The molecule has 2 aliphatic heterocycles. The van der Waals surface area contributed by atoms with Crippen molar-refractivity contribution in [3.8, 4) is 0 Å². The maximum atomic E-state index is 13.7. The number of halogens is 1. The Morgan fingerprint density at radius 2 is 1.81 bits per heavy atom. The van der Waals surface area contributed by atoms with E-state index in [1.54, 1.807) is 30.5 Å². The molecule has 2 aliphatic rings. The van der Waals surface area contributed by atoms with Crippen LogP contribution in [0.3, 0.4) is 0 Å². The molecule has 1 fully saturated rings. The van der Waals surface area contributed by atoms with Crippen LogP contribution in [0.5, 0.6) is 0 Å². The highest BCUT2D eigenvalue weighted by atomic mass is 35.5. The Labute approximate surface area is 218 Å². The van der Waals surface area contributed by atoms with Crippen LogP contribution in [0.15, 0.2) is 69.6 Å². The number of rotatable bonds is 5. The summed E-state index contributed by atoms with van der Waals surface area (Å²) in [6.07, 6.45) is 5.64. The number of carbonyl (C=O) groups is 1. The summed E-state index contributed by atoms with van der Waals surface area (Å²) in [4.78, 5) is 34.2. The van der Waals surface area contributed by atoms with Crippen molar-refractivity contribution in [1.82, 2.24) is 4.57 Å². The van der Waals surface area contributed by atoms with Crippen molar-refractivity contribution >= 4 is 40.7 Å². The van der Waals surface area contributed by atoms with Gasteiger partial charge in [0, 0.05) is 23.8 Å². The van der Waals surface area contributed by atoms with E-state index in [9.17, 15) is 9.59 Å². The van der Waals surface area contributed by atoms with Crippen LogP contribution in [-0.4, -0.2) is 30.2 Å². The number of allylic oxidation sites excluding steroid dienone is 1. The molecule has 8 heteroatoms. The summed E-state index contributed by atoms with van der Waals surface area (Å²) >= 11 is 7.44. The van der Waals surface area contributed by atoms with Crippen molar-refractivity contribution in [1.29, 1.82) is 0 Å². The van der Waals surface area contributed by atoms with E-state index in [1.807, 2.05) is 30.3 Å². The Bertz CT molecular complexity index is 1480. The second-order valence-corrected chi connectivity index (χ2v) is 10.4. The van der Waals surface area contributed by atoms with Crippen LogP contribution in [0.2, 0.25) is 5.02 Å². The van der Waals surface area contributed by atoms with Gasteiger partial charge in [-0.3, -0.25) is 9.36 Å². The van der Waals surface area contributed by atoms with E-state index in [0.717, 1.165) is 24.2 Å². The standard InChI is InChI=1S/C28H28ClN3O3S/c1-3-35-27(34)24-18(2)30-28-32(25(24)20-9-11-21(29)12-10-20)26(33)23(36-28)17-19-7-13-22(14-8-19)31-15-5-4-6-16-31/h7-14,17,25H,3-6,15-16H2,1-2H3/b23-17+/t25-/m1/s1. The van der Waals surface area contributed by atoms with Gasteiger partial charge in [-0.15, -0.1) is 0 Å². The SMILES string of the molecule is CCOC(=O)C1=C(C)N=c2s/c(=C/c3ccc(N4CCCCC4)cc3)c(=O)n2[C@@H]1c1ccc(Cl)cc1. The number of nitrogens with zero attached hydrogens (tertiary/aromatic N) is 3. The number of anilines is 1. The van der Waals surface area contributed by atoms with Crippen LogP contribution < -0.4 is 19.8 Å². The Hall–Kier alpha value is -3.16. The van der Waals surface area contributed by atoms with Gasteiger partial charge in [0.25, 0.3) is 5.56 Å². The maximum absolute atomic E-state index is 13.7. The number of ether oxygens (including phenoxy) is 1. The molecular weight excluding hydrogens is 494 g/mol. The lowest BCUT2D eigenvalue weighted by Gasteiger charge is -2.28. The lowest BCUT2D eigenvalue weighted by atomic mass is 9.96. The fourth-order valence-corrected chi connectivity index (χ4v) is 6.01. The number of hydrogen-bond donors (Lipinski definition) is 0. The van der Waals surface area contributed by atoms with E-state index in [4.69, 9.17) is 16.3 Å². The van der Waals surface area contributed by atoms with E-state index in [2.05, 4.69) is 22.0 Å². The molecule has 6 nitrogen and oxygen atoms in total. The molecule has 3 heterocycles. The third-order valence-corrected chi connectivity index (χ3v) is 7.85. The normalized spacial score (nSPS) is 18.1. The summed E-state index contributed by atoms with van der Waals surface area (Å²) in [6, 6.07) is 14.9. The Morgan fingerprint density at radius 3 is 2.47 bits per heavy atom. The summed E-state index contributed by atoms with van der Waals surface area (Å²) in [5, 5.41) is 0.581. The van der Waals surface area contributed by atoms with E-state index in [-0.39, 0.29) is 12.2 Å². The fourth-order valence-electron chi connectivity index (χ4n) is 4.84. The summed E-state index contributed by atoms with van der Waals surface area (Å²) in [5.74, 6) is -0.471. The first kappa shape index (κ1) is 24.5. The quantitative estimate of drug-likeness (QED) is 0.466. The highest BCUT2D eigenvalue weighted by molar-refractivity contribution is 7.07. The van der Waals surface area contributed by atoms with Gasteiger partial charge >= 0.3 is 5.97 Å². The smallest absolute Gasteiger partial charge is 0.338 e. The molecule has 0 N–H and O–H groups in total. The third kappa shape index (κ3) is 4.77. The monoisotopic (exact) mass is 521 g/mol. The summed E-state index contributed by atoms with van der Waals surface area (Å²) in [7, 11) is 0. The Kier molecular flexibility index (Phi) is 7.12. The number of hydrogen-bond acceptors (Lipinski definition) is 6. The number of benzene rings is 2. The van der Waals surface area contributed by atoms with Crippen LogP contribution in [0, 0.1) is 0 Å². The highest BCUT2D eigenvalue weighted by Crippen LogP contribution is 2.31. The number of piperidine rings is 1. The molecule has 0 aliphatic carbocycles. The zero-order valence-corrected chi connectivity index (χ0v) is 21.9. The highest BCUT2D eigenvalue weighted by Gasteiger charge is 2.33. The molecular formula is C28H28ClN3O3S. The van der Waals surface area contributed by atoms with Crippen molar-refractivity contribution in [3.63, 3.8) is 0 Å². The molecule has 186 valence electrons. The van der Waals surface area contributed by atoms with Crippen molar-refractivity contribution in [2.75, 3.05) is 24.6 Å². The predicted molar refractivity (Wildman–Crippen MR) is 144 cm³/mol.